The van der Waals surface area contributed by atoms with Crippen LogP contribution in [0.3, 0.4) is 0 Å². The van der Waals surface area contributed by atoms with Crippen LogP contribution in [0.4, 0.5) is 0 Å². The monoisotopic (exact) mass is 283 g/mol. The lowest BCUT2D eigenvalue weighted by molar-refractivity contribution is -0.135. The zero-order valence-corrected chi connectivity index (χ0v) is 12.5. The van der Waals surface area contributed by atoms with E-state index in [1.54, 1.807) is 9.58 Å². The van der Waals surface area contributed by atoms with Crippen molar-refractivity contribution < 1.29 is 4.79 Å². The minimum absolute atomic E-state index is 0.200. The molecular weight excluding hydrogens is 262 g/mol. The first kappa shape index (κ1) is 14.4. The van der Waals surface area contributed by atoms with Crippen molar-refractivity contribution in [3.63, 3.8) is 0 Å². The number of carbonyl (C=O) groups is 1. The summed E-state index contributed by atoms with van der Waals surface area (Å²) in [6, 6.07) is 0. The highest BCUT2D eigenvalue weighted by molar-refractivity contribution is 6.31. The smallest absolute Gasteiger partial charge is 0.225 e. The number of hydrogen-bond donors (Lipinski definition) is 0. The van der Waals surface area contributed by atoms with E-state index in [-0.39, 0.29) is 11.8 Å². The zero-order chi connectivity index (χ0) is 13.8. The van der Waals surface area contributed by atoms with Crippen LogP contribution in [0.1, 0.15) is 44.7 Å². The highest BCUT2D eigenvalue weighted by Gasteiger charge is 2.24. The van der Waals surface area contributed by atoms with Gasteiger partial charge in [0.1, 0.15) is 5.69 Å². The minimum atomic E-state index is 0.200. The number of hydrogen-bond acceptors (Lipinski definition) is 2. The van der Waals surface area contributed by atoms with Crippen LogP contribution in [-0.4, -0.2) is 27.6 Å². The molecular formula is C14H22ClN3O. The van der Waals surface area contributed by atoms with Crippen LogP contribution in [0.2, 0.25) is 5.02 Å². The van der Waals surface area contributed by atoms with Crippen molar-refractivity contribution in [2.24, 2.45) is 5.92 Å². The van der Waals surface area contributed by atoms with Gasteiger partial charge < -0.3 is 4.90 Å². The van der Waals surface area contributed by atoms with Crippen LogP contribution < -0.4 is 0 Å². The molecule has 2 rings (SSSR count). The van der Waals surface area contributed by atoms with E-state index in [1.807, 2.05) is 20.2 Å². The predicted molar refractivity (Wildman–Crippen MR) is 76.0 cm³/mol. The van der Waals surface area contributed by atoms with Gasteiger partial charge in [-0.1, -0.05) is 30.9 Å². The van der Waals surface area contributed by atoms with Gasteiger partial charge in [0.15, 0.2) is 0 Å². The Kier molecular flexibility index (Phi) is 4.86. The van der Waals surface area contributed by atoms with Crippen molar-refractivity contribution in [2.45, 2.75) is 52.1 Å². The van der Waals surface area contributed by atoms with Crippen molar-refractivity contribution >= 4 is 17.5 Å². The van der Waals surface area contributed by atoms with Crippen LogP contribution in [0.25, 0.3) is 0 Å². The molecule has 0 radical (unpaired) electrons. The number of rotatable bonds is 4. The van der Waals surface area contributed by atoms with Gasteiger partial charge in [0.2, 0.25) is 5.91 Å². The maximum atomic E-state index is 12.3. The second-order valence-electron chi connectivity index (χ2n) is 5.31. The molecule has 4 nitrogen and oxygen atoms in total. The molecule has 1 aromatic heterocycles. The highest BCUT2D eigenvalue weighted by Crippen LogP contribution is 2.26. The molecule has 1 fully saturated rings. The molecule has 0 spiro atoms. The Balaban J connectivity index is 1.97. The molecule has 0 saturated heterocycles. The Bertz CT molecular complexity index is 438. The Morgan fingerprint density at radius 1 is 1.47 bits per heavy atom. The molecule has 0 aromatic carbocycles. The molecule has 0 bridgehead atoms. The molecule has 19 heavy (non-hydrogen) atoms. The van der Waals surface area contributed by atoms with Crippen molar-refractivity contribution in [3.8, 4) is 0 Å². The molecule has 1 saturated carbocycles. The quantitative estimate of drug-likeness (QED) is 0.852. The number of amides is 1. The molecule has 1 amide bonds. The van der Waals surface area contributed by atoms with Crippen molar-refractivity contribution in [2.75, 3.05) is 7.05 Å². The molecule has 0 N–H and O–H groups in total. The summed E-state index contributed by atoms with van der Waals surface area (Å²) in [6.45, 7) is 3.31. The van der Waals surface area contributed by atoms with Gasteiger partial charge in [-0.05, 0) is 19.8 Å². The SMILES string of the molecule is CCn1cc(Cl)c(CN(C)C(=O)C2CCCCC2)n1. The zero-order valence-electron chi connectivity index (χ0n) is 11.7. The number of nitrogens with zero attached hydrogens (tertiary/aromatic N) is 3. The standard InChI is InChI=1S/C14H22ClN3O/c1-3-18-9-12(15)13(16-18)10-17(2)14(19)11-7-5-4-6-8-11/h9,11H,3-8,10H2,1-2H3. The summed E-state index contributed by atoms with van der Waals surface area (Å²) in [5.41, 5.74) is 0.787. The van der Waals surface area contributed by atoms with E-state index in [1.165, 1.54) is 19.3 Å². The summed E-state index contributed by atoms with van der Waals surface area (Å²) in [4.78, 5) is 14.1. The summed E-state index contributed by atoms with van der Waals surface area (Å²) in [5, 5.41) is 5.03. The van der Waals surface area contributed by atoms with E-state index in [4.69, 9.17) is 11.6 Å². The average molecular weight is 284 g/mol. The van der Waals surface area contributed by atoms with Gasteiger partial charge in [0.25, 0.3) is 0 Å². The van der Waals surface area contributed by atoms with Crippen molar-refractivity contribution in [1.82, 2.24) is 14.7 Å². The lowest BCUT2D eigenvalue weighted by Crippen LogP contribution is -2.33. The first-order valence-corrected chi connectivity index (χ1v) is 7.46. The van der Waals surface area contributed by atoms with Gasteiger partial charge in [-0.15, -0.1) is 0 Å². The Morgan fingerprint density at radius 2 is 2.16 bits per heavy atom. The average Bonchev–Trinajstić information content (AvgIpc) is 2.79. The number of aromatic nitrogens is 2. The fraction of sp³-hybridized carbons (Fsp3) is 0.714. The molecule has 106 valence electrons. The van der Waals surface area contributed by atoms with E-state index < -0.39 is 0 Å². The largest absolute Gasteiger partial charge is 0.339 e. The van der Waals surface area contributed by atoms with E-state index in [2.05, 4.69) is 5.10 Å². The third-order valence-electron chi connectivity index (χ3n) is 3.83. The van der Waals surface area contributed by atoms with Crippen molar-refractivity contribution in [3.05, 3.63) is 16.9 Å². The summed E-state index contributed by atoms with van der Waals surface area (Å²) in [7, 11) is 1.85. The summed E-state index contributed by atoms with van der Waals surface area (Å²) in [5.74, 6) is 0.438. The van der Waals surface area contributed by atoms with Gasteiger partial charge in [0.05, 0.1) is 11.6 Å². The van der Waals surface area contributed by atoms with Gasteiger partial charge in [0, 0.05) is 25.7 Å². The van der Waals surface area contributed by atoms with Crippen LogP contribution >= 0.6 is 11.6 Å². The van der Waals surface area contributed by atoms with Crippen LogP contribution in [-0.2, 0) is 17.9 Å². The first-order chi connectivity index (χ1) is 9.11. The van der Waals surface area contributed by atoms with Gasteiger partial charge >= 0.3 is 0 Å². The minimum Gasteiger partial charge on any atom is -0.339 e. The van der Waals surface area contributed by atoms with Gasteiger partial charge in [-0.25, -0.2) is 0 Å². The lowest BCUT2D eigenvalue weighted by Gasteiger charge is -2.26. The molecule has 1 aliphatic carbocycles. The second-order valence-corrected chi connectivity index (χ2v) is 5.72. The number of halogens is 1. The Morgan fingerprint density at radius 3 is 2.74 bits per heavy atom. The summed E-state index contributed by atoms with van der Waals surface area (Å²) in [6.07, 6.45) is 7.49. The van der Waals surface area contributed by atoms with E-state index >= 15 is 0 Å². The maximum Gasteiger partial charge on any atom is 0.225 e. The summed E-state index contributed by atoms with van der Waals surface area (Å²) >= 11 is 6.14. The van der Waals surface area contributed by atoms with Crippen LogP contribution in [0.15, 0.2) is 6.20 Å². The molecule has 1 aromatic rings. The normalized spacial score (nSPS) is 16.6. The summed E-state index contributed by atoms with van der Waals surface area (Å²) < 4.78 is 1.80. The van der Waals surface area contributed by atoms with Crippen LogP contribution in [0.5, 0.6) is 0 Å². The molecule has 0 unspecified atom stereocenters. The fourth-order valence-corrected chi connectivity index (χ4v) is 2.88. The topological polar surface area (TPSA) is 38.1 Å². The van der Waals surface area contributed by atoms with E-state index in [0.29, 0.717) is 11.6 Å². The fourth-order valence-electron chi connectivity index (χ4n) is 2.67. The lowest BCUT2D eigenvalue weighted by atomic mass is 9.88. The molecule has 0 atom stereocenters. The molecule has 1 heterocycles. The second kappa shape index (κ2) is 6.42. The van der Waals surface area contributed by atoms with Gasteiger partial charge in [-0.3, -0.25) is 9.48 Å². The highest BCUT2D eigenvalue weighted by atomic mass is 35.5. The van der Waals surface area contributed by atoms with Gasteiger partial charge in [-0.2, -0.15) is 5.10 Å². The molecule has 0 aliphatic heterocycles. The van der Waals surface area contributed by atoms with Crippen molar-refractivity contribution in [1.29, 1.82) is 0 Å². The Labute approximate surface area is 119 Å². The maximum absolute atomic E-state index is 12.3. The van der Waals surface area contributed by atoms with E-state index in [0.717, 1.165) is 25.1 Å². The first-order valence-electron chi connectivity index (χ1n) is 7.08. The third-order valence-corrected chi connectivity index (χ3v) is 4.14. The molecule has 5 heteroatoms. The van der Waals surface area contributed by atoms with Crippen LogP contribution in [0, 0.1) is 5.92 Å². The number of aryl methyl sites for hydroxylation is 1. The molecule has 1 aliphatic rings. The van der Waals surface area contributed by atoms with E-state index in [9.17, 15) is 4.79 Å². The number of carbonyl (C=O) groups excluding carboxylic acids is 1. The Hall–Kier alpha value is -1.03. The third kappa shape index (κ3) is 3.50. The predicted octanol–water partition coefficient (Wildman–Crippen LogP) is 3.10.